The Morgan fingerprint density at radius 2 is 2.32 bits per heavy atom. The van der Waals surface area contributed by atoms with Crippen LogP contribution in [0.3, 0.4) is 0 Å². The van der Waals surface area contributed by atoms with E-state index in [1.807, 2.05) is 0 Å². The van der Waals surface area contributed by atoms with E-state index in [9.17, 15) is 9.18 Å². The first kappa shape index (κ1) is 15.1. The molecule has 2 heterocycles. The molecule has 0 fully saturated rings. The third-order valence-electron chi connectivity index (χ3n) is 3.53. The number of anilines is 1. The van der Waals surface area contributed by atoms with Crippen LogP contribution in [0.15, 0.2) is 12.1 Å². The first-order valence-electron chi connectivity index (χ1n) is 6.54. The van der Waals surface area contributed by atoms with Crippen LogP contribution in [0.1, 0.15) is 28.5 Å². The van der Waals surface area contributed by atoms with Gasteiger partial charge in [-0.15, -0.1) is 11.3 Å². The number of carbonyl (C=O) groups is 1. The molecule has 1 aliphatic heterocycles. The molecule has 3 N–H and O–H groups in total. The number of rotatable bonds is 2. The average molecular weight is 342 g/mol. The molecule has 116 valence electrons. The van der Waals surface area contributed by atoms with Gasteiger partial charge in [-0.1, -0.05) is 11.6 Å². The monoisotopic (exact) mass is 341 g/mol. The minimum Gasteiger partial charge on any atom is -0.492 e. The molecular formula is C14H13ClFN3O2S. The van der Waals surface area contributed by atoms with Gasteiger partial charge >= 0.3 is 0 Å². The summed E-state index contributed by atoms with van der Waals surface area (Å²) in [6.07, 6.45) is 0.191. The molecule has 1 atom stereocenters. The molecule has 2 aromatic rings. The number of hydrogen-bond donors (Lipinski definition) is 2. The molecule has 1 amide bonds. The van der Waals surface area contributed by atoms with Crippen molar-refractivity contribution in [2.45, 2.75) is 18.9 Å². The van der Waals surface area contributed by atoms with Crippen LogP contribution in [0.25, 0.3) is 0 Å². The van der Waals surface area contributed by atoms with Gasteiger partial charge in [0.05, 0.1) is 24.4 Å². The molecule has 22 heavy (non-hydrogen) atoms. The Balaban J connectivity index is 2.11. The number of methoxy groups -OCH3 is 1. The molecule has 3 rings (SSSR count). The number of ether oxygens (including phenoxy) is 1. The van der Waals surface area contributed by atoms with E-state index in [-0.39, 0.29) is 29.0 Å². The zero-order valence-electron chi connectivity index (χ0n) is 11.7. The van der Waals surface area contributed by atoms with Crippen molar-refractivity contribution < 1.29 is 13.9 Å². The first-order chi connectivity index (χ1) is 10.5. The quantitative estimate of drug-likeness (QED) is 0.880. The molecular weight excluding hydrogens is 329 g/mol. The Bertz CT molecular complexity index is 727. The fraction of sp³-hybridized carbons (Fsp3) is 0.286. The number of thiazole rings is 1. The highest BCUT2D eigenvalue weighted by Crippen LogP contribution is 2.40. The average Bonchev–Trinajstić information content (AvgIpc) is 2.75. The molecule has 1 aromatic heterocycles. The summed E-state index contributed by atoms with van der Waals surface area (Å²) >= 11 is 7.37. The van der Waals surface area contributed by atoms with E-state index in [0.717, 1.165) is 4.88 Å². The number of hydrogen-bond acceptors (Lipinski definition) is 5. The van der Waals surface area contributed by atoms with Gasteiger partial charge in [-0.25, -0.2) is 9.37 Å². The van der Waals surface area contributed by atoms with Crippen molar-refractivity contribution in [3.63, 3.8) is 0 Å². The van der Waals surface area contributed by atoms with Crippen LogP contribution in [0.4, 0.5) is 9.52 Å². The fourth-order valence-corrected chi connectivity index (χ4v) is 3.83. The third kappa shape index (κ3) is 2.62. The Hall–Kier alpha value is -1.86. The largest absolute Gasteiger partial charge is 0.492 e. The van der Waals surface area contributed by atoms with Gasteiger partial charge in [0.2, 0.25) is 5.91 Å². The van der Waals surface area contributed by atoms with Crippen molar-refractivity contribution in [2.24, 2.45) is 0 Å². The molecule has 8 heteroatoms. The number of nitrogen functional groups attached to an aromatic ring is 1. The number of nitrogens with one attached hydrogen (secondary N) is 1. The summed E-state index contributed by atoms with van der Waals surface area (Å²) in [5, 5.41) is 3.35. The summed E-state index contributed by atoms with van der Waals surface area (Å²) in [6.45, 7) is 0.324. The molecule has 0 radical (unpaired) electrons. The van der Waals surface area contributed by atoms with Crippen molar-refractivity contribution in [3.8, 4) is 5.75 Å². The molecule has 1 aliphatic rings. The molecule has 0 aliphatic carbocycles. The van der Waals surface area contributed by atoms with E-state index in [0.29, 0.717) is 22.9 Å². The number of fused-ring (bicyclic) bond motifs is 1. The number of aromatic nitrogens is 1. The Morgan fingerprint density at radius 1 is 1.55 bits per heavy atom. The number of carbonyl (C=O) groups excluding carboxylic acids is 1. The standard InChI is InChI=1S/C14H13ClFN3O2S/c1-21-12-8(15)2-6(3-9(12)16)7-4-11(20)18-5-10-13(7)22-14(17)19-10/h2-3,7H,4-5H2,1H3,(H2,17,19)(H,18,20)/t7-/m1/s1. The van der Waals surface area contributed by atoms with E-state index in [4.69, 9.17) is 22.1 Å². The highest BCUT2D eigenvalue weighted by Gasteiger charge is 2.29. The van der Waals surface area contributed by atoms with E-state index >= 15 is 0 Å². The van der Waals surface area contributed by atoms with Gasteiger partial charge in [0, 0.05) is 17.2 Å². The van der Waals surface area contributed by atoms with Gasteiger partial charge in [0.25, 0.3) is 0 Å². The van der Waals surface area contributed by atoms with Crippen molar-refractivity contribution in [1.29, 1.82) is 0 Å². The topological polar surface area (TPSA) is 77.2 Å². The number of nitrogens with two attached hydrogens (primary N) is 1. The summed E-state index contributed by atoms with van der Waals surface area (Å²) in [5.41, 5.74) is 7.08. The van der Waals surface area contributed by atoms with Crippen molar-refractivity contribution in [2.75, 3.05) is 12.8 Å². The summed E-state index contributed by atoms with van der Waals surface area (Å²) in [5.74, 6) is -1.02. The van der Waals surface area contributed by atoms with Gasteiger partial charge in [-0.3, -0.25) is 4.79 Å². The zero-order valence-corrected chi connectivity index (χ0v) is 13.2. The lowest BCUT2D eigenvalue weighted by molar-refractivity contribution is -0.121. The summed E-state index contributed by atoms with van der Waals surface area (Å²) in [4.78, 5) is 17.0. The predicted molar refractivity (Wildman–Crippen MR) is 82.8 cm³/mol. The van der Waals surface area contributed by atoms with Crippen LogP contribution in [-0.4, -0.2) is 18.0 Å². The van der Waals surface area contributed by atoms with Crippen LogP contribution in [0, 0.1) is 5.82 Å². The maximum atomic E-state index is 14.1. The number of amides is 1. The molecule has 0 spiro atoms. The molecule has 0 unspecified atom stereocenters. The van der Waals surface area contributed by atoms with Crippen LogP contribution < -0.4 is 15.8 Å². The van der Waals surface area contributed by atoms with Gasteiger partial charge in [0.15, 0.2) is 16.7 Å². The lowest BCUT2D eigenvalue weighted by Crippen LogP contribution is -2.21. The van der Waals surface area contributed by atoms with Crippen LogP contribution >= 0.6 is 22.9 Å². The van der Waals surface area contributed by atoms with Gasteiger partial charge in [-0.2, -0.15) is 0 Å². The minimum atomic E-state index is -0.561. The maximum Gasteiger partial charge on any atom is 0.221 e. The lowest BCUT2D eigenvalue weighted by atomic mass is 9.93. The minimum absolute atomic E-state index is 0.00691. The molecule has 0 saturated carbocycles. The highest BCUT2D eigenvalue weighted by molar-refractivity contribution is 7.15. The van der Waals surface area contributed by atoms with E-state index in [1.54, 1.807) is 6.07 Å². The van der Waals surface area contributed by atoms with Crippen molar-refractivity contribution in [1.82, 2.24) is 10.3 Å². The van der Waals surface area contributed by atoms with Gasteiger partial charge in [0.1, 0.15) is 0 Å². The van der Waals surface area contributed by atoms with E-state index < -0.39 is 5.82 Å². The van der Waals surface area contributed by atoms with Crippen LogP contribution in [-0.2, 0) is 11.3 Å². The van der Waals surface area contributed by atoms with Gasteiger partial charge in [-0.05, 0) is 17.7 Å². The maximum absolute atomic E-state index is 14.1. The molecule has 1 aromatic carbocycles. The first-order valence-corrected chi connectivity index (χ1v) is 7.73. The van der Waals surface area contributed by atoms with E-state index in [1.165, 1.54) is 24.5 Å². The van der Waals surface area contributed by atoms with Gasteiger partial charge < -0.3 is 15.8 Å². The molecule has 0 bridgehead atoms. The van der Waals surface area contributed by atoms with Crippen molar-refractivity contribution in [3.05, 3.63) is 39.1 Å². The van der Waals surface area contributed by atoms with Crippen LogP contribution in [0.5, 0.6) is 5.75 Å². The Morgan fingerprint density at radius 3 is 3.00 bits per heavy atom. The zero-order chi connectivity index (χ0) is 15.9. The lowest BCUT2D eigenvalue weighted by Gasteiger charge is -2.15. The van der Waals surface area contributed by atoms with Crippen LogP contribution in [0.2, 0.25) is 5.02 Å². The second-order valence-corrected chi connectivity index (χ2v) is 6.38. The van der Waals surface area contributed by atoms with E-state index in [2.05, 4.69) is 10.3 Å². The fourth-order valence-electron chi connectivity index (χ4n) is 2.56. The predicted octanol–water partition coefficient (Wildman–Crippen LogP) is 2.68. The Labute approximate surface area is 135 Å². The summed E-state index contributed by atoms with van der Waals surface area (Å²) < 4.78 is 19.0. The third-order valence-corrected chi connectivity index (χ3v) is 4.85. The summed E-state index contributed by atoms with van der Waals surface area (Å²) in [7, 11) is 1.35. The SMILES string of the molecule is COc1c(F)cc([C@H]2CC(=O)NCc3nc(N)sc32)cc1Cl. The second-order valence-electron chi connectivity index (χ2n) is 4.91. The Kier molecular flexibility index (Phi) is 3.92. The summed E-state index contributed by atoms with van der Waals surface area (Å²) in [6, 6.07) is 2.96. The molecule has 0 saturated heterocycles. The van der Waals surface area contributed by atoms with Crippen molar-refractivity contribution >= 4 is 34.0 Å². The number of halogens is 2. The smallest absolute Gasteiger partial charge is 0.221 e. The second kappa shape index (κ2) is 5.73. The molecule has 5 nitrogen and oxygen atoms in total. The number of benzene rings is 1. The highest BCUT2D eigenvalue weighted by atomic mass is 35.5. The normalized spacial score (nSPS) is 17.6. The number of nitrogens with zero attached hydrogens (tertiary/aromatic N) is 1.